The van der Waals surface area contributed by atoms with Crippen molar-refractivity contribution in [3.63, 3.8) is 0 Å². The fraction of sp³-hybridized carbons (Fsp3) is 0.0857. The van der Waals surface area contributed by atoms with Crippen LogP contribution in [0.2, 0.25) is 0 Å². The largest absolute Gasteiger partial charge is 0.358 e. The number of hydrogen-bond acceptors (Lipinski definition) is 3. The highest BCUT2D eigenvalue weighted by atomic mass is 15.2. The van der Waals surface area contributed by atoms with Crippen LogP contribution in [0.4, 0.5) is 5.82 Å². The van der Waals surface area contributed by atoms with Crippen LogP contribution in [0.15, 0.2) is 121 Å². The first-order chi connectivity index (χ1) is 19.8. The van der Waals surface area contributed by atoms with Crippen molar-refractivity contribution in [3.8, 4) is 28.1 Å². The molecule has 0 saturated carbocycles. The van der Waals surface area contributed by atoms with Gasteiger partial charge < -0.3 is 5.32 Å². The Hall–Kier alpha value is -5.16. The maximum Gasteiger partial charge on any atom is 0.139 e. The Morgan fingerprint density at radius 2 is 1.55 bits per heavy atom. The number of nitrogens with one attached hydrogen (secondary N) is 1. The summed E-state index contributed by atoms with van der Waals surface area (Å²) in [6, 6.07) is 40.8. The van der Waals surface area contributed by atoms with Crippen LogP contribution >= 0.6 is 0 Å². The summed E-state index contributed by atoms with van der Waals surface area (Å²) in [6.07, 6.45) is 2.94. The number of aryl methyl sites for hydroxylation is 1. The molecule has 0 saturated heterocycles. The van der Waals surface area contributed by atoms with E-state index in [4.69, 9.17) is 9.97 Å². The van der Waals surface area contributed by atoms with Crippen molar-refractivity contribution in [1.82, 2.24) is 18.9 Å². The Labute approximate surface area is 232 Å². The predicted octanol–water partition coefficient (Wildman–Crippen LogP) is 8.08. The molecule has 5 heteroatoms. The molecule has 1 atom stereocenters. The van der Waals surface area contributed by atoms with Gasteiger partial charge in [-0.05, 0) is 64.7 Å². The molecule has 0 spiro atoms. The molecule has 0 amide bonds. The molecule has 1 unspecified atom stereocenters. The average Bonchev–Trinajstić information content (AvgIpc) is 3.59. The molecule has 40 heavy (non-hydrogen) atoms. The number of anilines is 1. The molecule has 0 bridgehead atoms. The second-order valence-electron chi connectivity index (χ2n) is 10.3. The zero-order chi connectivity index (χ0) is 26.6. The van der Waals surface area contributed by atoms with Crippen molar-refractivity contribution in [3.05, 3.63) is 138 Å². The quantitative estimate of drug-likeness (QED) is 0.257. The number of pyridine rings is 1. The van der Waals surface area contributed by atoms with Crippen LogP contribution in [-0.4, -0.2) is 18.9 Å². The molecule has 0 radical (unpaired) electrons. The Morgan fingerprint density at radius 1 is 0.750 bits per heavy atom. The number of para-hydroxylation sites is 2. The minimum absolute atomic E-state index is 0.0104. The van der Waals surface area contributed by atoms with Gasteiger partial charge in [0.25, 0.3) is 0 Å². The van der Waals surface area contributed by atoms with E-state index in [9.17, 15) is 0 Å². The van der Waals surface area contributed by atoms with Crippen molar-refractivity contribution in [2.45, 2.75) is 19.4 Å². The highest BCUT2D eigenvalue weighted by Crippen LogP contribution is 2.43. The number of aromatic nitrogens is 4. The predicted molar refractivity (Wildman–Crippen MR) is 162 cm³/mol. The molecule has 1 N–H and O–H groups in total. The van der Waals surface area contributed by atoms with Crippen LogP contribution in [0.1, 0.15) is 29.9 Å². The fourth-order valence-corrected chi connectivity index (χ4v) is 6.09. The maximum atomic E-state index is 4.95. The van der Waals surface area contributed by atoms with Crippen LogP contribution < -0.4 is 5.32 Å². The molecule has 1 aliphatic heterocycles. The van der Waals surface area contributed by atoms with Crippen molar-refractivity contribution < 1.29 is 0 Å². The third-order valence-corrected chi connectivity index (χ3v) is 7.94. The maximum absolute atomic E-state index is 4.95. The third kappa shape index (κ3) is 3.48. The summed E-state index contributed by atoms with van der Waals surface area (Å²) in [5.74, 6) is 2.10. The first-order valence-corrected chi connectivity index (χ1v) is 13.8. The minimum Gasteiger partial charge on any atom is -0.358 e. The lowest BCUT2D eigenvalue weighted by Crippen LogP contribution is -2.19. The summed E-state index contributed by atoms with van der Waals surface area (Å²) in [5.41, 5.74) is 11.2. The molecule has 7 aromatic rings. The van der Waals surface area contributed by atoms with Gasteiger partial charge in [-0.15, -0.1) is 0 Å². The second-order valence-corrected chi connectivity index (χ2v) is 10.3. The van der Waals surface area contributed by atoms with Crippen LogP contribution in [0.3, 0.4) is 0 Å². The lowest BCUT2D eigenvalue weighted by Gasteiger charge is -2.28. The third-order valence-electron chi connectivity index (χ3n) is 7.94. The van der Waals surface area contributed by atoms with Crippen molar-refractivity contribution in [2.75, 3.05) is 5.32 Å². The van der Waals surface area contributed by atoms with Gasteiger partial charge >= 0.3 is 0 Å². The highest BCUT2D eigenvalue weighted by molar-refractivity contribution is 5.84. The molecule has 0 fully saturated rings. The van der Waals surface area contributed by atoms with Gasteiger partial charge in [-0.3, -0.25) is 8.97 Å². The number of rotatable bonds is 4. The monoisotopic (exact) mass is 517 g/mol. The molecule has 5 nitrogen and oxygen atoms in total. The highest BCUT2D eigenvalue weighted by Gasteiger charge is 2.29. The molecule has 3 aromatic heterocycles. The number of benzene rings is 4. The number of fused-ring (bicyclic) bond motifs is 6. The van der Waals surface area contributed by atoms with Crippen LogP contribution in [0, 0.1) is 0 Å². The molecule has 4 heterocycles. The standard InChI is InChI=1S/C35H27N5/c1-2-31-36-29-17-5-6-18-30(29)40(31)26-14-10-12-24(22-26)23-11-9-13-25(21-23)33-27-15-3-4-16-28(27)34-35(38-33)39-20-8-7-19-32(39)37-34/h3-22,33,38H,2H2,1H3. The number of nitrogens with zero attached hydrogens (tertiary/aromatic N) is 4. The van der Waals surface area contributed by atoms with Crippen LogP contribution in [0.5, 0.6) is 0 Å². The van der Waals surface area contributed by atoms with E-state index >= 15 is 0 Å². The fourth-order valence-electron chi connectivity index (χ4n) is 6.09. The van der Waals surface area contributed by atoms with Gasteiger partial charge in [0.15, 0.2) is 0 Å². The van der Waals surface area contributed by atoms with E-state index in [2.05, 4.69) is 124 Å². The number of imidazole rings is 2. The lowest BCUT2D eigenvalue weighted by molar-refractivity contribution is 0.908. The number of hydrogen-bond donors (Lipinski definition) is 1. The van der Waals surface area contributed by atoms with Gasteiger partial charge in [-0.25, -0.2) is 9.97 Å². The average molecular weight is 518 g/mol. The zero-order valence-electron chi connectivity index (χ0n) is 22.1. The molecule has 192 valence electrons. The van der Waals surface area contributed by atoms with Gasteiger partial charge in [0.05, 0.1) is 17.1 Å². The summed E-state index contributed by atoms with van der Waals surface area (Å²) in [4.78, 5) is 9.84. The van der Waals surface area contributed by atoms with E-state index < -0.39 is 0 Å². The Morgan fingerprint density at radius 3 is 2.48 bits per heavy atom. The van der Waals surface area contributed by atoms with E-state index in [1.54, 1.807) is 0 Å². The van der Waals surface area contributed by atoms with Gasteiger partial charge in [0, 0.05) is 23.9 Å². The van der Waals surface area contributed by atoms with Gasteiger partial charge in [-0.1, -0.05) is 79.7 Å². The summed E-state index contributed by atoms with van der Waals surface area (Å²) in [7, 11) is 0. The Balaban J connectivity index is 1.23. The summed E-state index contributed by atoms with van der Waals surface area (Å²) >= 11 is 0. The topological polar surface area (TPSA) is 47.2 Å². The van der Waals surface area contributed by atoms with E-state index in [-0.39, 0.29) is 6.04 Å². The van der Waals surface area contributed by atoms with Gasteiger partial charge in [0.2, 0.25) is 0 Å². The van der Waals surface area contributed by atoms with Gasteiger partial charge in [-0.2, -0.15) is 0 Å². The Bertz CT molecular complexity index is 2050. The van der Waals surface area contributed by atoms with Crippen LogP contribution in [-0.2, 0) is 6.42 Å². The molecular weight excluding hydrogens is 490 g/mol. The molecule has 1 aliphatic rings. The Kier molecular flexibility index (Phi) is 5.10. The summed E-state index contributed by atoms with van der Waals surface area (Å²) in [5, 5.41) is 3.83. The first-order valence-electron chi connectivity index (χ1n) is 13.8. The second kappa shape index (κ2) is 8.95. The summed E-state index contributed by atoms with van der Waals surface area (Å²) < 4.78 is 4.43. The van der Waals surface area contributed by atoms with Gasteiger partial charge in [0.1, 0.15) is 23.0 Å². The zero-order valence-corrected chi connectivity index (χ0v) is 22.1. The minimum atomic E-state index is 0.0104. The lowest BCUT2D eigenvalue weighted by atomic mass is 9.89. The summed E-state index contributed by atoms with van der Waals surface area (Å²) in [6.45, 7) is 2.16. The first kappa shape index (κ1) is 22.8. The van der Waals surface area contributed by atoms with E-state index in [0.29, 0.717) is 0 Å². The van der Waals surface area contributed by atoms with Crippen molar-refractivity contribution in [1.29, 1.82) is 0 Å². The SMILES string of the molecule is CCc1nc2ccccc2n1-c1cccc(-c2cccc(C3Nc4c(nc5ccccn45)-c4ccccc43)c2)c1. The molecular formula is C35H27N5. The van der Waals surface area contributed by atoms with E-state index in [1.165, 1.54) is 27.8 Å². The van der Waals surface area contributed by atoms with Crippen LogP contribution in [0.25, 0.3) is 44.8 Å². The van der Waals surface area contributed by atoms with E-state index in [1.807, 2.05) is 18.2 Å². The smallest absolute Gasteiger partial charge is 0.139 e. The molecule has 4 aromatic carbocycles. The van der Waals surface area contributed by atoms with Crippen molar-refractivity contribution in [2.24, 2.45) is 0 Å². The van der Waals surface area contributed by atoms with Crippen molar-refractivity contribution >= 4 is 22.5 Å². The van der Waals surface area contributed by atoms with E-state index in [0.717, 1.165) is 46.1 Å². The normalized spacial score (nSPS) is 14.2. The molecule has 8 rings (SSSR count). The molecule has 0 aliphatic carbocycles.